The molecule has 1 heterocycles. The van der Waals surface area contributed by atoms with Crippen LogP contribution in [0.2, 0.25) is 0 Å². The molecule has 0 radical (unpaired) electrons. The molecule has 5 nitrogen and oxygen atoms in total. The van der Waals surface area contributed by atoms with Crippen LogP contribution in [0.4, 0.5) is 26.3 Å². The molecule has 0 aromatic heterocycles. The highest BCUT2D eigenvalue weighted by Crippen LogP contribution is 2.49. The Morgan fingerprint density at radius 3 is 2.29 bits per heavy atom. The Morgan fingerprint density at radius 1 is 1.03 bits per heavy atom. The minimum Gasteiger partial charge on any atom is -0.496 e. The molecule has 1 N–H and O–H groups in total. The molecule has 188 valence electrons. The van der Waals surface area contributed by atoms with Crippen molar-refractivity contribution in [1.29, 1.82) is 0 Å². The summed E-state index contributed by atoms with van der Waals surface area (Å²) in [5, 5.41) is 9.18. The number of nitrogens with zero attached hydrogens (tertiary/aromatic N) is 1. The second-order valence-corrected chi connectivity index (χ2v) is 8.60. The average Bonchev–Trinajstić information content (AvgIpc) is 3.27. The van der Waals surface area contributed by atoms with Gasteiger partial charge in [-0.25, -0.2) is 4.79 Å². The van der Waals surface area contributed by atoms with Crippen molar-refractivity contribution >= 4 is 29.7 Å². The van der Waals surface area contributed by atoms with Gasteiger partial charge in [0.2, 0.25) is 5.91 Å². The number of benzene rings is 2. The number of alkyl halides is 6. The fraction of sp³-hybridized carbons (Fsp3) is 0.304. The summed E-state index contributed by atoms with van der Waals surface area (Å²) < 4.78 is 88.9. The zero-order chi connectivity index (χ0) is 26.0. The maximum atomic E-state index is 14.0. The molecule has 3 rings (SSSR count). The Labute approximate surface area is 200 Å². The van der Waals surface area contributed by atoms with Gasteiger partial charge in [-0.1, -0.05) is 30.0 Å². The highest BCUT2D eigenvalue weighted by Gasteiger charge is 2.46. The van der Waals surface area contributed by atoms with Crippen molar-refractivity contribution < 1.29 is 45.8 Å². The number of carbonyl (C=O) groups is 2. The Hall–Kier alpha value is -3.15. The highest BCUT2D eigenvalue weighted by atomic mass is 32.2. The summed E-state index contributed by atoms with van der Waals surface area (Å²) in [6.45, 7) is 0.0779. The van der Waals surface area contributed by atoms with Gasteiger partial charge in [-0.2, -0.15) is 26.3 Å². The van der Waals surface area contributed by atoms with E-state index in [9.17, 15) is 41.0 Å². The Morgan fingerprint density at radius 2 is 1.69 bits per heavy atom. The average molecular weight is 519 g/mol. The minimum atomic E-state index is -5.40. The van der Waals surface area contributed by atoms with Gasteiger partial charge in [0, 0.05) is 17.5 Å². The van der Waals surface area contributed by atoms with Crippen LogP contribution in [0.5, 0.6) is 5.75 Å². The SMILES string of the molecule is COc1ccccc1Sc1ccc(/C=C/C(=O)N2CCCC2C(=O)O)c(C(F)(F)F)c1C(F)(F)F. The van der Waals surface area contributed by atoms with Crippen LogP contribution in [0.3, 0.4) is 0 Å². The molecule has 1 aliphatic rings. The van der Waals surface area contributed by atoms with Crippen LogP contribution in [-0.2, 0) is 21.9 Å². The van der Waals surface area contributed by atoms with Crippen LogP contribution in [0, 0.1) is 0 Å². The number of amides is 1. The normalized spacial score (nSPS) is 16.7. The lowest BCUT2D eigenvalue weighted by Gasteiger charge is -2.22. The zero-order valence-electron chi connectivity index (χ0n) is 18.1. The van der Waals surface area contributed by atoms with E-state index in [1.165, 1.54) is 25.3 Å². The molecular formula is C23H19F6NO4S. The summed E-state index contributed by atoms with van der Waals surface area (Å²) in [6, 6.07) is 6.56. The second kappa shape index (κ2) is 10.2. The number of ether oxygens (including phenoxy) is 1. The third kappa shape index (κ3) is 5.92. The van der Waals surface area contributed by atoms with Crippen LogP contribution in [0.15, 0.2) is 52.3 Å². The maximum Gasteiger partial charge on any atom is 0.418 e. The fourth-order valence-electron chi connectivity index (χ4n) is 3.78. The quantitative estimate of drug-likeness (QED) is 0.376. The highest BCUT2D eigenvalue weighted by molar-refractivity contribution is 7.99. The molecule has 0 saturated carbocycles. The molecule has 0 bridgehead atoms. The van der Waals surface area contributed by atoms with Gasteiger partial charge in [-0.05, 0) is 42.7 Å². The number of rotatable bonds is 6. The van der Waals surface area contributed by atoms with Crippen LogP contribution in [-0.4, -0.2) is 41.6 Å². The molecule has 12 heteroatoms. The molecule has 0 aliphatic carbocycles. The number of para-hydroxylation sites is 1. The van der Waals surface area contributed by atoms with Gasteiger partial charge < -0.3 is 14.7 Å². The first-order chi connectivity index (χ1) is 16.3. The number of halogens is 6. The van der Waals surface area contributed by atoms with Crippen molar-refractivity contribution in [2.45, 2.75) is 41.0 Å². The number of carboxylic acids is 1. The number of methoxy groups -OCH3 is 1. The summed E-state index contributed by atoms with van der Waals surface area (Å²) in [7, 11) is 1.28. The molecular weight excluding hydrogens is 500 g/mol. The Balaban J connectivity index is 2.09. The largest absolute Gasteiger partial charge is 0.496 e. The zero-order valence-corrected chi connectivity index (χ0v) is 18.9. The molecule has 2 aromatic rings. The predicted molar refractivity (Wildman–Crippen MR) is 115 cm³/mol. The number of carboxylic acid groups (broad SMARTS) is 1. The van der Waals surface area contributed by atoms with E-state index in [1.807, 2.05) is 0 Å². The van der Waals surface area contributed by atoms with Crippen molar-refractivity contribution in [3.63, 3.8) is 0 Å². The fourth-order valence-corrected chi connectivity index (χ4v) is 4.87. The number of hydrogen-bond donors (Lipinski definition) is 1. The van der Waals surface area contributed by atoms with Crippen molar-refractivity contribution in [3.8, 4) is 5.75 Å². The lowest BCUT2D eigenvalue weighted by atomic mass is 9.99. The molecule has 1 aliphatic heterocycles. The maximum absolute atomic E-state index is 14.0. The van der Waals surface area contributed by atoms with Crippen molar-refractivity contribution in [2.75, 3.05) is 13.7 Å². The van der Waals surface area contributed by atoms with Crippen molar-refractivity contribution in [1.82, 2.24) is 4.90 Å². The first-order valence-corrected chi connectivity index (χ1v) is 11.0. The van der Waals surface area contributed by atoms with Crippen molar-refractivity contribution in [2.24, 2.45) is 0 Å². The first-order valence-electron chi connectivity index (χ1n) is 10.2. The number of hydrogen-bond acceptors (Lipinski definition) is 4. The van der Waals surface area contributed by atoms with Gasteiger partial charge in [-0.3, -0.25) is 4.79 Å². The summed E-state index contributed by atoms with van der Waals surface area (Å²) >= 11 is 0.470. The van der Waals surface area contributed by atoms with E-state index in [4.69, 9.17) is 4.74 Å². The van der Waals surface area contributed by atoms with Gasteiger partial charge in [0.15, 0.2) is 0 Å². The van der Waals surface area contributed by atoms with Crippen LogP contribution in [0.25, 0.3) is 6.08 Å². The third-order valence-corrected chi connectivity index (χ3v) is 6.40. The van der Waals surface area contributed by atoms with E-state index in [1.54, 1.807) is 6.07 Å². The molecule has 2 aromatic carbocycles. The third-order valence-electron chi connectivity index (χ3n) is 5.28. The molecule has 1 unspecified atom stereocenters. The lowest BCUT2D eigenvalue weighted by molar-refractivity contribution is -0.163. The molecule has 1 fully saturated rings. The second-order valence-electron chi connectivity index (χ2n) is 7.51. The first kappa shape index (κ1) is 26.5. The standard InChI is InChI=1S/C23H19F6NO4S/c1-34-15-6-2-3-7-16(15)35-17-10-8-13(19(22(24,25)26)20(17)23(27,28)29)9-11-18(31)30-12-4-5-14(30)21(32)33/h2-3,6-11,14H,4-5,12H2,1H3,(H,32,33)/b11-9+. The van der Waals surface area contributed by atoms with Gasteiger partial charge >= 0.3 is 18.3 Å². The molecule has 35 heavy (non-hydrogen) atoms. The monoisotopic (exact) mass is 519 g/mol. The Kier molecular flexibility index (Phi) is 7.73. The van der Waals surface area contributed by atoms with E-state index in [2.05, 4.69) is 0 Å². The summed E-state index contributed by atoms with van der Waals surface area (Å²) in [5.74, 6) is -1.98. The molecule has 1 amide bonds. The van der Waals surface area contributed by atoms with Crippen molar-refractivity contribution in [3.05, 3.63) is 59.2 Å². The van der Waals surface area contributed by atoms with E-state index < -0.39 is 51.9 Å². The molecule has 1 saturated heterocycles. The van der Waals surface area contributed by atoms with Gasteiger partial charge in [0.05, 0.1) is 23.1 Å². The van der Waals surface area contributed by atoms with E-state index in [0.29, 0.717) is 30.3 Å². The van der Waals surface area contributed by atoms with Gasteiger partial charge in [-0.15, -0.1) is 0 Å². The summed E-state index contributed by atoms with van der Waals surface area (Å²) in [5.41, 5.74) is -4.70. The van der Waals surface area contributed by atoms with Crippen LogP contribution >= 0.6 is 11.8 Å². The molecule has 1 atom stereocenters. The number of aliphatic carboxylic acids is 1. The smallest absolute Gasteiger partial charge is 0.418 e. The van der Waals surface area contributed by atoms with Gasteiger partial charge in [0.25, 0.3) is 0 Å². The van der Waals surface area contributed by atoms with Crippen LogP contribution in [0.1, 0.15) is 29.5 Å². The number of likely N-dealkylation sites (tertiary alicyclic amines) is 1. The Bertz CT molecular complexity index is 1150. The van der Waals surface area contributed by atoms with E-state index in [-0.39, 0.29) is 23.6 Å². The van der Waals surface area contributed by atoms with Gasteiger partial charge in [0.1, 0.15) is 11.8 Å². The lowest BCUT2D eigenvalue weighted by Crippen LogP contribution is -2.39. The number of carbonyl (C=O) groups excluding carboxylic acids is 1. The topological polar surface area (TPSA) is 66.8 Å². The predicted octanol–water partition coefficient (Wildman–Crippen LogP) is 5.97. The summed E-state index contributed by atoms with van der Waals surface area (Å²) in [4.78, 5) is 24.1. The minimum absolute atomic E-state index is 0.0779. The van der Waals surface area contributed by atoms with E-state index >= 15 is 0 Å². The molecule has 0 spiro atoms. The summed E-state index contributed by atoms with van der Waals surface area (Å²) in [6.07, 6.45) is -8.91. The van der Waals surface area contributed by atoms with Crippen LogP contribution < -0.4 is 4.74 Å². The van der Waals surface area contributed by atoms with E-state index in [0.717, 1.165) is 17.0 Å².